The van der Waals surface area contributed by atoms with E-state index in [1.807, 2.05) is 26.0 Å². The molecule has 0 fully saturated rings. The Morgan fingerprint density at radius 1 is 1.25 bits per heavy atom. The van der Waals surface area contributed by atoms with Crippen molar-refractivity contribution < 1.29 is 14.6 Å². The summed E-state index contributed by atoms with van der Waals surface area (Å²) in [6.45, 7) is 7.58. The van der Waals surface area contributed by atoms with Crippen molar-refractivity contribution in [3.05, 3.63) is 29.3 Å². The van der Waals surface area contributed by atoms with Gasteiger partial charge in [0.05, 0.1) is 6.61 Å². The standard InChI is InChI=1S/C16H27NO3/c1-5-14(10-19-4)17-9-15(18)11-20-16-8-12(2)6-7-13(16)3/h6-8,14-15,17-18H,5,9-11H2,1-4H3. The Bertz CT molecular complexity index is 395. The van der Waals surface area contributed by atoms with Gasteiger partial charge in [-0.15, -0.1) is 0 Å². The summed E-state index contributed by atoms with van der Waals surface area (Å²) in [5.74, 6) is 0.841. The molecule has 0 saturated heterocycles. The van der Waals surface area contributed by atoms with Gasteiger partial charge in [-0.25, -0.2) is 0 Å². The molecule has 0 saturated carbocycles. The van der Waals surface area contributed by atoms with E-state index in [2.05, 4.69) is 18.3 Å². The molecule has 0 heterocycles. The van der Waals surface area contributed by atoms with Gasteiger partial charge in [-0.05, 0) is 37.5 Å². The number of benzene rings is 1. The van der Waals surface area contributed by atoms with Gasteiger partial charge < -0.3 is 19.9 Å². The first-order valence-electron chi connectivity index (χ1n) is 7.17. The van der Waals surface area contributed by atoms with Gasteiger partial charge >= 0.3 is 0 Å². The van der Waals surface area contributed by atoms with Crippen LogP contribution in [0.4, 0.5) is 0 Å². The van der Waals surface area contributed by atoms with Crippen LogP contribution in [0, 0.1) is 13.8 Å². The van der Waals surface area contributed by atoms with E-state index < -0.39 is 6.10 Å². The fourth-order valence-corrected chi connectivity index (χ4v) is 1.93. The van der Waals surface area contributed by atoms with Crippen LogP contribution in [0.1, 0.15) is 24.5 Å². The molecule has 2 N–H and O–H groups in total. The van der Waals surface area contributed by atoms with Gasteiger partial charge in [0.25, 0.3) is 0 Å². The van der Waals surface area contributed by atoms with Crippen molar-refractivity contribution in [3.8, 4) is 5.75 Å². The topological polar surface area (TPSA) is 50.7 Å². The minimum Gasteiger partial charge on any atom is -0.491 e. The van der Waals surface area contributed by atoms with Gasteiger partial charge in [0.1, 0.15) is 18.5 Å². The number of hydrogen-bond donors (Lipinski definition) is 2. The Labute approximate surface area is 122 Å². The number of aliphatic hydroxyl groups is 1. The number of aryl methyl sites for hydroxylation is 2. The summed E-state index contributed by atoms with van der Waals surface area (Å²) in [6, 6.07) is 6.35. The quantitative estimate of drug-likeness (QED) is 0.727. The van der Waals surface area contributed by atoms with Crippen molar-refractivity contribution in [3.63, 3.8) is 0 Å². The maximum atomic E-state index is 9.96. The predicted octanol–water partition coefficient (Wildman–Crippen LogP) is 2.06. The minimum atomic E-state index is -0.527. The Morgan fingerprint density at radius 3 is 2.65 bits per heavy atom. The summed E-state index contributed by atoms with van der Waals surface area (Å²) in [5, 5.41) is 13.2. The number of aliphatic hydroxyl groups excluding tert-OH is 1. The molecule has 4 heteroatoms. The molecule has 0 spiro atoms. The lowest BCUT2D eigenvalue weighted by molar-refractivity contribution is 0.0950. The molecule has 0 bridgehead atoms. The third-order valence-corrected chi connectivity index (χ3v) is 3.28. The molecule has 4 nitrogen and oxygen atoms in total. The highest BCUT2D eigenvalue weighted by atomic mass is 16.5. The molecule has 114 valence electrons. The monoisotopic (exact) mass is 281 g/mol. The van der Waals surface area contributed by atoms with Gasteiger partial charge in [0.15, 0.2) is 0 Å². The van der Waals surface area contributed by atoms with Crippen LogP contribution in [0.15, 0.2) is 18.2 Å². The largest absolute Gasteiger partial charge is 0.491 e. The Hall–Kier alpha value is -1.10. The SMILES string of the molecule is CCC(COC)NCC(O)COc1cc(C)ccc1C. The second-order valence-electron chi connectivity index (χ2n) is 5.20. The van der Waals surface area contributed by atoms with Crippen LogP contribution >= 0.6 is 0 Å². The first-order chi connectivity index (χ1) is 9.56. The van der Waals surface area contributed by atoms with Crippen LogP contribution in [-0.2, 0) is 4.74 Å². The average molecular weight is 281 g/mol. The summed E-state index contributed by atoms with van der Waals surface area (Å²) >= 11 is 0. The average Bonchev–Trinajstić information content (AvgIpc) is 2.44. The Morgan fingerprint density at radius 2 is 2.00 bits per heavy atom. The molecule has 1 aromatic rings. The maximum absolute atomic E-state index is 9.96. The Kier molecular flexibility index (Phi) is 7.59. The van der Waals surface area contributed by atoms with Crippen molar-refractivity contribution in [2.45, 2.75) is 39.3 Å². The molecule has 0 radical (unpaired) electrons. The van der Waals surface area contributed by atoms with Crippen LogP contribution in [0.25, 0.3) is 0 Å². The van der Waals surface area contributed by atoms with E-state index in [0.717, 1.165) is 23.3 Å². The fourth-order valence-electron chi connectivity index (χ4n) is 1.93. The van der Waals surface area contributed by atoms with Crippen LogP contribution in [0.3, 0.4) is 0 Å². The van der Waals surface area contributed by atoms with Gasteiger partial charge in [0.2, 0.25) is 0 Å². The molecule has 20 heavy (non-hydrogen) atoms. The van der Waals surface area contributed by atoms with Gasteiger partial charge in [-0.1, -0.05) is 19.1 Å². The van der Waals surface area contributed by atoms with Gasteiger partial charge in [-0.2, -0.15) is 0 Å². The lowest BCUT2D eigenvalue weighted by Crippen LogP contribution is -2.40. The van der Waals surface area contributed by atoms with Crippen LogP contribution in [0.5, 0.6) is 5.75 Å². The van der Waals surface area contributed by atoms with Crippen molar-refractivity contribution in [1.29, 1.82) is 0 Å². The van der Waals surface area contributed by atoms with E-state index in [0.29, 0.717) is 19.8 Å². The zero-order chi connectivity index (χ0) is 15.0. The zero-order valence-corrected chi connectivity index (χ0v) is 13.0. The van der Waals surface area contributed by atoms with E-state index in [9.17, 15) is 5.11 Å². The van der Waals surface area contributed by atoms with E-state index in [1.54, 1.807) is 7.11 Å². The van der Waals surface area contributed by atoms with E-state index in [1.165, 1.54) is 0 Å². The number of methoxy groups -OCH3 is 1. The number of rotatable bonds is 9. The first kappa shape index (κ1) is 17.0. The minimum absolute atomic E-state index is 0.273. The number of hydrogen-bond acceptors (Lipinski definition) is 4. The van der Waals surface area contributed by atoms with Crippen LogP contribution in [0.2, 0.25) is 0 Å². The third kappa shape index (κ3) is 5.90. The second-order valence-corrected chi connectivity index (χ2v) is 5.20. The van der Waals surface area contributed by atoms with Crippen molar-refractivity contribution in [2.24, 2.45) is 0 Å². The van der Waals surface area contributed by atoms with E-state index >= 15 is 0 Å². The predicted molar refractivity (Wildman–Crippen MR) is 81.4 cm³/mol. The molecule has 2 atom stereocenters. The molecule has 1 aromatic carbocycles. The summed E-state index contributed by atoms with van der Waals surface area (Å²) < 4.78 is 10.8. The molecule has 0 aromatic heterocycles. The highest BCUT2D eigenvalue weighted by Gasteiger charge is 2.10. The lowest BCUT2D eigenvalue weighted by Gasteiger charge is -2.19. The summed E-state index contributed by atoms with van der Waals surface area (Å²) in [6.07, 6.45) is 0.444. The van der Waals surface area contributed by atoms with Crippen LogP contribution in [-0.4, -0.2) is 44.1 Å². The smallest absolute Gasteiger partial charge is 0.122 e. The summed E-state index contributed by atoms with van der Waals surface area (Å²) in [5.41, 5.74) is 2.24. The van der Waals surface area contributed by atoms with Crippen molar-refractivity contribution >= 4 is 0 Å². The first-order valence-corrected chi connectivity index (χ1v) is 7.17. The highest BCUT2D eigenvalue weighted by Crippen LogP contribution is 2.19. The number of ether oxygens (including phenoxy) is 2. The van der Waals surface area contributed by atoms with E-state index in [-0.39, 0.29) is 6.04 Å². The summed E-state index contributed by atoms with van der Waals surface area (Å²) in [7, 11) is 1.68. The lowest BCUT2D eigenvalue weighted by atomic mass is 10.1. The Balaban J connectivity index is 2.35. The highest BCUT2D eigenvalue weighted by molar-refractivity contribution is 5.35. The normalized spacial score (nSPS) is 14.1. The molecule has 0 aliphatic rings. The number of nitrogens with one attached hydrogen (secondary N) is 1. The van der Waals surface area contributed by atoms with Crippen molar-refractivity contribution in [2.75, 3.05) is 26.9 Å². The maximum Gasteiger partial charge on any atom is 0.122 e. The van der Waals surface area contributed by atoms with Crippen LogP contribution < -0.4 is 10.1 Å². The van der Waals surface area contributed by atoms with Crippen molar-refractivity contribution in [1.82, 2.24) is 5.32 Å². The second kappa shape index (κ2) is 8.95. The zero-order valence-electron chi connectivity index (χ0n) is 13.0. The molecule has 0 aliphatic heterocycles. The summed E-state index contributed by atoms with van der Waals surface area (Å²) in [4.78, 5) is 0. The molecule has 0 aliphatic carbocycles. The van der Waals surface area contributed by atoms with Gasteiger partial charge in [-0.3, -0.25) is 0 Å². The molecular formula is C16H27NO3. The molecule has 0 amide bonds. The third-order valence-electron chi connectivity index (χ3n) is 3.28. The van der Waals surface area contributed by atoms with Gasteiger partial charge in [0, 0.05) is 19.7 Å². The molecule has 2 unspecified atom stereocenters. The molecule has 1 rings (SSSR count). The fraction of sp³-hybridized carbons (Fsp3) is 0.625. The molecular weight excluding hydrogens is 254 g/mol. The van der Waals surface area contributed by atoms with E-state index in [4.69, 9.17) is 9.47 Å².